The maximum Gasteiger partial charge on any atom is 0.120 e. The summed E-state index contributed by atoms with van der Waals surface area (Å²) in [5.74, 6) is 0.708. The molecular formula is C14H13Cl2NO. The van der Waals surface area contributed by atoms with E-state index in [1.165, 1.54) is 0 Å². The lowest BCUT2D eigenvalue weighted by Crippen LogP contribution is -2.18. The maximum atomic E-state index is 6.03. The molecule has 0 aliphatic rings. The van der Waals surface area contributed by atoms with Crippen molar-refractivity contribution in [3.8, 4) is 5.75 Å². The van der Waals surface area contributed by atoms with Gasteiger partial charge in [0.15, 0.2) is 0 Å². The highest BCUT2D eigenvalue weighted by atomic mass is 35.5. The summed E-state index contributed by atoms with van der Waals surface area (Å²) in [6, 6.07) is 14.5. The highest BCUT2D eigenvalue weighted by molar-refractivity contribution is 6.30. The molecule has 2 aromatic carbocycles. The molecule has 0 aliphatic heterocycles. The van der Waals surface area contributed by atoms with Crippen molar-refractivity contribution in [1.29, 1.82) is 0 Å². The van der Waals surface area contributed by atoms with Crippen LogP contribution in [0.2, 0.25) is 10.0 Å². The van der Waals surface area contributed by atoms with Crippen molar-refractivity contribution in [2.45, 2.75) is 6.04 Å². The van der Waals surface area contributed by atoms with Crippen molar-refractivity contribution in [1.82, 2.24) is 0 Å². The van der Waals surface area contributed by atoms with E-state index in [4.69, 9.17) is 33.7 Å². The van der Waals surface area contributed by atoms with Gasteiger partial charge in [-0.1, -0.05) is 41.4 Å². The van der Waals surface area contributed by atoms with Gasteiger partial charge in [0.2, 0.25) is 0 Å². The molecule has 2 aromatic rings. The Hall–Kier alpha value is -1.22. The van der Waals surface area contributed by atoms with Crippen LogP contribution < -0.4 is 10.5 Å². The number of benzene rings is 2. The molecule has 4 heteroatoms. The van der Waals surface area contributed by atoms with Crippen LogP contribution in [-0.4, -0.2) is 6.61 Å². The number of nitrogens with two attached hydrogens (primary N) is 1. The molecule has 1 unspecified atom stereocenters. The molecule has 0 saturated carbocycles. The van der Waals surface area contributed by atoms with Crippen molar-refractivity contribution in [3.05, 3.63) is 64.1 Å². The van der Waals surface area contributed by atoms with E-state index in [0.717, 1.165) is 5.56 Å². The Labute approximate surface area is 116 Å². The smallest absolute Gasteiger partial charge is 0.120 e. The standard InChI is InChI=1S/C14H13Cl2NO/c15-11-4-1-3-10(7-11)14(17)9-18-13-6-2-5-12(16)8-13/h1-8,14H,9,17H2. The van der Waals surface area contributed by atoms with Gasteiger partial charge in [-0.15, -0.1) is 0 Å². The van der Waals surface area contributed by atoms with Crippen molar-refractivity contribution in [3.63, 3.8) is 0 Å². The van der Waals surface area contributed by atoms with Crippen LogP contribution in [0, 0.1) is 0 Å². The fraction of sp³-hybridized carbons (Fsp3) is 0.143. The van der Waals surface area contributed by atoms with E-state index >= 15 is 0 Å². The average molecular weight is 282 g/mol. The maximum absolute atomic E-state index is 6.03. The Morgan fingerprint density at radius 3 is 2.33 bits per heavy atom. The molecule has 0 heterocycles. The van der Waals surface area contributed by atoms with Crippen molar-refractivity contribution in [2.24, 2.45) is 5.73 Å². The summed E-state index contributed by atoms with van der Waals surface area (Å²) in [5.41, 5.74) is 6.98. The summed E-state index contributed by atoms with van der Waals surface area (Å²) < 4.78 is 5.59. The van der Waals surface area contributed by atoms with E-state index in [0.29, 0.717) is 22.4 Å². The van der Waals surface area contributed by atoms with E-state index in [1.807, 2.05) is 36.4 Å². The predicted octanol–water partition coefficient (Wildman–Crippen LogP) is 4.07. The monoisotopic (exact) mass is 281 g/mol. The molecule has 0 aliphatic carbocycles. The second kappa shape index (κ2) is 6.10. The fourth-order valence-corrected chi connectivity index (χ4v) is 1.96. The van der Waals surface area contributed by atoms with Crippen molar-refractivity contribution >= 4 is 23.2 Å². The van der Waals surface area contributed by atoms with Crippen LogP contribution >= 0.6 is 23.2 Å². The third-order valence-electron chi connectivity index (χ3n) is 2.50. The fourth-order valence-electron chi connectivity index (χ4n) is 1.58. The van der Waals surface area contributed by atoms with Gasteiger partial charge in [0.05, 0.1) is 6.04 Å². The quantitative estimate of drug-likeness (QED) is 0.917. The summed E-state index contributed by atoms with van der Waals surface area (Å²) in [6.45, 7) is 0.376. The third kappa shape index (κ3) is 3.64. The van der Waals surface area contributed by atoms with Crippen LogP contribution in [0.3, 0.4) is 0 Å². The zero-order valence-corrected chi connectivity index (χ0v) is 11.2. The molecule has 0 saturated heterocycles. The van der Waals surface area contributed by atoms with E-state index < -0.39 is 0 Å². The van der Waals surface area contributed by atoms with Gasteiger partial charge in [0.25, 0.3) is 0 Å². The van der Waals surface area contributed by atoms with Gasteiger partial charge in [-0.25, -0.2) is 0 Å². The van der Waals surface area contributed by atoms with Gasteiger partial charge in [0, 0.05) is 10.0 Å². The molecule has 0 fully saturated rings. The molecule has 2 N–H and O–H groups in total. The topological polar surface area (TPSA) is 35.2 Å². The first-order valence-electron chi connectivity index (χ1n) is 5.54. The molecular weight excluding hydrogens is 269 g/mol. The number of halogens is 2. The highest BCUT2D eigenvalue weighted by Gasteiger charge is 2.07. The zero-order valence-electron chi connectivity index (χ0n) is 9.64. The Morgan fingerprint density at radius 1 is 1.00 bits per heavy atom. The van der Waals surface area contributed by atoms with Crippen molar-refractivity contribution < 1.29 is 4.74 Å². The lowest BCUT2D eigenvalue weighted by Gasteiger charge is -2.14. The summed E-state index contributed by atoms with van der Waals surface area (Å²) in [5, 5.41) is 1.31. The van der Waals surface area contributed by atoms with Crippen LogP contribution in [-0.2, 0) is 0 Å². The first-order valence-corrected chi connectivity index (χ1v) is 6.30. The SMILES string of the molecule is NC(COc1cccc(Cl)c1)c1cccc(Cl)c1. The molecule has 1 atom stereocenters. The Morgan fingerprint density at radius 2 is 1.67 bits per heavy atom. The lowest BCUT2D eigenvalue weighted by atomic mass is 10.1. The molecule has 18 heavy (non-hydrogen) atoms. The minimum absolute atomic E-state index is 0.220. The van der Waals surface area contributed by atoms with Gasteiger partial charge in [-0.05, 0) is 35.9 Å². The first-order chi connectivity index (χ1) is 8.65. The highest BCUT2D eigenvalue weighted by Crippen LogP contribution is 2.20. The van der Waals surface area contributed by atoms with Crippen molar-refractivity contribution in [2.75, 3.05) is 6.61 Å². The second-order valence-electron chi connectivity index (χ2n) is 3.93. The van der Waals surface area contributed by atoms with Gasteiger partial charge in [-0.2, -0.15) is 0 Å². The molecule has 0 amide bonds. The summed E-state index contributed by atoms with van der Waals surface area (Å²) in [7, 11) is 0. The second-order valence-corrected chi connectivity index (χ2v) is 4.80. The third-order valence-corrected chi connectivity index (χ3v) is 2.97. The van der Waals surface area contributed by atoms with E-state index in [2.05, 4.69) is 0 Å². The average Bonchev–Trinajstić information content (AvgIpc) is 2.36. The zero-order chi connectivity index (χ0) is 13.0. The summed E-state index contributed by atoms with van der Waals surface area (Å²) >= 11 is 11.8. The Bertz CT molecular complexity index is 531. The predicted molar refractivity (Wildman–Crippen MR) is 75.3 cm³/mol. The number of ether oxygens (including phenoxy) is 1. The molecule has 0 spiro atoms. The van der Waals surface area contributed by atoms with Crippen LogP contribution in [0.15, 0.2) is 48.5 Å². The molecule has 0 radical (unpaired) electrons. The van der Waals surface area contributed by atoms with Crippen LogP contribution in [0.4, 0.5) is 0 Å². The molecule has 94 valence electrons. The minimum atomic E-state index is -0.220. The van der Waals surface area contributed by atoms with Gasteiger partial charge >= 0.3 is 0 Å². The van der Waals surface area contributed by atoms with Gasteiger partial charge < -0.3 is 10.5 Å². The number of rotatable bonds is 4. The number of hydrogen-bond acceptors (Lipinski definition) is 2. The molecule has 0 bridgehead atoms. The van der Waals surface area contributed by atoms with Crippen LogP contribution in [0.25, 0.3) is 0 Å². The lowest BCUT2D eigenvalue weighted by molar-refractivity contribution is 0.290. The Balaban J connectivity index is 1.98. The van der Waals surface area contributed by atoms with Gasteiger partial charge in [-0.3, -0.25) is 0 Å². The molecule has 0 aromatic heterocycles. The Kier molecular flexibility index (Phi) is 4.48. The first kappa shape index (κ1) is 13.2. The number of hydrogen-bond donors (Lipinski definition) is 1. The van der Waals surface area contributed by atoms with Crippen LogP contribution in [0.5, 0.6) is 5.75 Å². The molecule has 2 nitrogen and oxygen atoms in total. The van der Waals surface area contributed by atoms with E-state index in [-0.39, 0.29) is 6.04 Å². The van der Waals surface area contributed by atoms with E-state index in [9.17, 15) is 0 Å². The summed E-state index contributed by atoms with van der Waals surface area (Å²) in [4.78, 5) is 0. The largest absolute Gasteiger partial charge is 0.492 e. The van der Waals surface area contributed by atoms with Crippen LogP contribution in [0.1, 0.15) is 11.6 Å². The van der Waals surface area contributed by atoms with Gasteiger partial charge in [0.1, 0.15) is 12.4 Å². The summed E-state index contributed by atoms with van der Waals surface area (Å²) in [6.07, 6.45) is 0. The van der Waals surface area contributed by atoms with E-state index in [1.54, 1.807) is 12.1 Å². The normalized spacial score (nSPS) is 12.2. The minimum Gasteiger partial charge on any atom is -0.492 e. The molecule has 2 rings (SSSR count).